The zero-order valence-electron chi connectivity index (χ0n) is 19.7. The molecule has 4 aromatic rings. The molecule has 2 aromatic heterocycles. The maximum Gasteiger partial charge on any atom is 0.417 e. The van der Waals surface area contributed by atoms with Crippen LogP contribution in [0.25, 0.3) is 11.1 Å². The Kier molecular flexibility index (Phi) is 5.60. The van der Waals surface area contributed by atoms with Crippen molar-refractivity contribution < 1.29 is 22.7 Å². The molecule has 0 radical (unpaired) electrons. The number of ether oxygens (including phenoxy) is 1. The third kappa shape index (κ3) is 4.24. The first-order chi connectivity index (χ1) is 18.2. The quantitative estimate of drug-likeness (QED) is 0.381. The number of rotatable bonds is 6. The van der Waals surface area contributed by atoms with E-state index in [2.05, 4.69) is 20.2 Å². The van der Waals surface area contributed by atoms with Crippen molar-refractivity contribution in [3.8, 4) is 11.6 Å². The lowest BCUT2D eigenvalue weighted by molar-refractivity contribution is -0.132. The van der Waals surface area contributed by atoms with E-state index in [0.29, 0.717) is 33.1 Å². The number of benzene rings is 2. The molecule has 1 atom stereocenters. The average Bonchev–Trinajstić information content (AvgIpc) is 3.54. The highest BCUT2D eigenvalue weighted by Gasteiger charge is 2.48. The van der Waals surface area contributed by atoms with E-state index in [0.717, 1.165) is 11.8 Å². The van der Waals surface area contributed by atoms with Gasteiger partial charge in [0, 0.05) is 34.7 Å². The predicted molar refractivity (Wildman–Crippen MR) is 134 cm³/mol. The van der Waals surface area contributed by atoms with Crippen LogP contribution in [-0.2, 0) is 4.79 Å². The zero-order valence-corrected chi connectivity index (χ0v) is 20.5. The number of nitrogens with one attached hydrogen (secondary N) is 1. The van der Waals surface area contributed by atoms with Crippen LogP contribution in [0.15, 0.2) is 79.9 Å². The molecule has 2 aliphatic rings. The Bertz CT molecular complexity index is 1690. The second-order valence-corrected chi connectivity index (χ2v) is 9.45. The Balaban J connectivity index is 1.40. The topological polar surface area (TPSA) is 114 Å². The molecule has 9 nitrogen and oxygen atoms in total. The zero-order chi connectivity index (χ0) is 26.6. The highest BCUT2D eigenvalue weighted by molar-refractivity contribution is 6.30. The van der Waals surface area contributed by atoms with Crippen molar-refractivity contribution in [2.45, 2.75) is 18.9 Å². The molecule has 4 heterocycles. The van der Waals surface area contributed by atoms with Crippen molar-refractivity contribution >= 4 is 34.3 Å². The minimum absolute atomic E-state index is 0.00200. The van der Waals surface area contributed by atoms with Crippen molar-refractivity contribution in [3.63, 3.8) is 0 Å². The van der Waals surface area contributed by atoms with Crippen molar-refractivity contribution in [1.29, 1.82) is 0 Å². The lowest BCUT2D eigenvalue weighted by atomic mass is 9.94. The van der Waals surface area contributed by atoms with Crippen LogP contribution < -0.4 is 10.5 Å². The number of carbonyl (C=O) groups is 1. The van der Waals surface area contributed by atoms with Crippen molar-refractivity contribution in [3.05, 3.63) is 92.6 Å². The molecule has 0 bridgehead atoms. The molecule has 2 aromatic carbocycles. The van der Waals surface area contributed by atoms with Crippen LogP contribution in [0, 0.1) is 0 Å². The standard InChI is InChI=1S/C26H18ClF2N5O4/c1-26(28,29)12-34-22(17-9-10-19(33-32-17)37-14-7-5-13(27)6-8-14)20-16(24(34)35)11-30-21(20)15-3-2-4-18-23(15)38-25(36)31-18/h2-10,22H,11-12H2,1H3,(H,31,36). The van der Waals surface area contributed by atoms with Gasteiger partial charge in [-0.25, -0.2) is 13.6 Å². The van der Waals surface area contributed by atoms with E-state index < -0.39 is 30.2 Å². The molecule has 2 aliphatic heterocycles. The van der Waals surface area contributed by atoms with Crippen LogP contribution in [0.1, 0.15) is 24.2 Å². The Morgan fingerprint density at radius 3 is 2.63 bits per heavy atom. The Labute approximate surface area is 218 Å². The number of oxazole rings is 1. The molecular weight excluding hydrogens is 520 g/mol. The van der Waals surface area contributed by atoms with Gasteiger partial charge in [0.2, 0.25) is 5.88 Å². The summed E-state index contributed by atoms with van der Waals surface area (Å²) in [6.45, 7) is -0.0767. The molecule has 12 heteroatoms. The Morgan fingerprint density at radius 1 is 1.13 bits per heavy atom. The van der Waals surface area contributed by atoms with E-state index in [4.69, 9.17) is 20.8 Å². The van der Waals surface area contributed by atoms with Gasteiger partial charge in [-0.2, -0.15) is 0 Å². The monoisotopic (exact) mass is 537 g/mol. The van der Waals surface area contributed by atoms with Crippen molar-refractivity contribution in [1.82, 2.24) is 20.1 Å². The number of aromatic nitrogens is 3. The van der Waals surface area contributed by atoms with E-state index in [-0.39, 0.29) is 29.3 Å². The summed E-state index contributed by atoms with van der Waals surface area (Å²) in [7, 11) is 0. The summed E-state index contributed by atoms with van der Waals surface area (Å²) in [5.41, 5.74) is 2.51. The second kappa shape index (κ2) is 8.88. The predicted octanol–water partition coefficient (Wildman–Crippen LogP) is 4.69. The molecule has 0 aliphatic carbocycles. The maximum atomic E-state index is 14.2. The number of H-pyrrole nitrogens is 1. The maximum absolute atomic E-state index is 14.2. The number of fused-ring (bicyclic) bond motifs is 1. The minimum atomic E-state index is -3.16. The van der Waals surface area contributed by atoms with Gasteiger partial charge in [-0.1, -0.05) is 17.7 Å². The van der Waals surface area contributed by atoms with Gasteiger partial charge in [-0.05, 0) is 42.5 Å². The van der Waals surface area contributed by atoms with Crippen LogP contribution in [-0.4, -0.2) is 50.7 Å². The fraction of sp³-hybridized carbons (Fsp3) is 0.192. The minimum Gasteiger partial charge on any atom is -0.438 e. The lowest BCUT2D eigenvalue weighted by Gasteiger charge is -2.29. The van der Waals surface area contributed by atoms with Crippen LogP contribution in [0.4, 0.5) is 8.78 Å². The second-order valence-electron chi connectivity index (χ2n) is 9.01. The molecule has 6 rings (SSSR count). The summed E-state index contributed by atoms with van der Waals surface area (Å²) in [5, 5.41) is 8.89. The largest absolute Gasteiger partial charge is 0.438 e. The van der Waals surface area contributed by atoms with Gasteiger partial charge >= 0.3 is 5.76 Å². The van der Waals surface area contributed by atoms with Gasteiger partial charge in [-0.3, -0.25) is 14.8 Å². The molecule has 192 valence electrons. The normalized spacial score (nSPS) is 17.4. The van der Waals surface area contributed by atoms with Gasteiger partial charge in [0.05, 0.1) is 30.0 Å². The van der Waals surface area contributed by atoms with E-state index in [1.54, 1.807) is 54.6 Å². The van der Waals surface area contributed by atoms with Crippen LogP contribution in [0.5, 0.6) is 11.6 Å². The molecule has 0 saturated carbocycles. The number of nitrogens with zero attached hydrogens (tertiary/aromatic N) is 4. The van der Waals surface area contributed by atoms with Crippen LogP contribution in [0.2, 0.25) is 5.02 Å². The first-order valence-electron chi connectivity index (χ1n) is 11.5. The van der Waals surface area contributed by atoms with Crippen LogP contribution >= 0.6 is 11.6 Å². The molecule has 0 saturated heterocycles. The Hall–Kier alpha value is -4.38. The van der Waals surface area contributed by atoms with Gasteiger partial charge < -0.3 is 14.1 Å². The van der Waals surface area contributed by atoms with E-state index >= 15 is 0 Å². The molecular formula is C26H18ClF2N5O4. The SMILES string of the molecule is CC(F)(F)CN1C(=O)C2=C(C(c3cccc4[nH]c(=O)oc34)=NC2)C1c1ccc(Oc2ccc(Cl)cc2)nn1. The van der Waals surface area contributed by atoms with Gasteiger partial charge in [0.15, 0.2) is 5.58 Å². The third-order valence-electron chi connectivity index (χ3n) is 6.21. The average molecular weight is 538 g/mol. The smallest absolute Gasteiger partial charge is 0.417 e. The summed E-state index contributed by atoms with van der Waals surface area (Å²) in [4.78, 5) is 33.4. The van der Waals surface area contributed by atoms with E-state index in [9.17, 15) is 18.4 Å². The molecule has 1 N–H and O–H groups in total. The fourth-order valence-corrected chi connectivity index (χ4v) is 4.84. The number of amides is 1. The first kappa shape index (κ1) is 24.0. The summed E-state index contributed by atoms with van der Waals surface area (Å²) < 4.78 is 39.5. The summed E-state index contributed by atoms with van der Waals surface area (Å²) in [6, 6.07) is 13.8. The van der Waals surface area contributed by atoms with E-state index in [1.165, 1.54) is 0 Å². The number of aliphatic imine (C=N–C) groups is 1. The highest BCUT2D eigenvalue weighted by atomic mass is 35.5. The third-order valence-corrected chi connectivity index (χ3v) is 6.46. The number of halogens is 3. The van der Waals surface area contributed by atoms with Gasteiger partial charge in [-0.15, -0.1) is 10.2 Å². The highest BCUT2D eigenvalue weighted by Crippen LogP contribution is 2.44. The lowest BCUT2D eigenvalue weighted by Crippen LogP contribution is -2.40. The molecule has 38 heavy (non-hydrogen) atoms. The number of alkyl halides is 2. The molecule has 0 fully saturated rings. The summed E-state index contributed by atoms with van der Waals surface area (Å²) in [5.74, 6) is -3.72. The van der Waals surface area contributed by atoms with Gasteiger partial charge in [0.25, 0.3) is 11.8 Å². The first-order valence-corrected chi connectivity index (χ1v) is 11.9. The van der Waals surface area contributed by atoms with Crippen LogP contribution in [0.3, 0.4) is 0 Å². The summed E-state index contributed by atoms with van der Waals surface area (Å²) in [6.07, 6.45) is 0. The number of hydrogen-bond acceptors (Lipinski definition) is 7. The number of carbonyl (C=O) groups excluding carboxylic acids is 1. The fourth-order valence-electron chi connectivity index (χ4n) is 4.71. The van der Waals surface area contributed by atoms with Gasteiger partial charge in [0.1, 0.15) is 11.8 Å². The van der Waals surface area contributed by atoms with Crippen molar-refractivity contribution in [2.24, 2.45) is 4.99 Å². The number of para-hydroxylation sites is 1. The molecule has 1 unspecified atom stereocenters. The molecule has 0 spiro atoms. The summed E-state index contributed by atoms with van der Waals surface area (Å²) >= 11 is 5.91. The van der Waals surface area contributed by atoms with E-state index in [1.807, 2.05) is 0 Å². The number of hydrogen-bond donors (Lipinski definition) is 1. The Morgan fingerprint density at radius 2 is 1.92 bits per heavy atom. The molecule has 1 amide bonds. The van der Waals surface area contributed by atoms with Crippen molar-refractivity contribution in [2.75, 3.05) is 13.1 Å². The number of aromatic amines is 1.